The summed E-state index contributed by atoms with van der Waals surface area (Å²) in [6.07, 6.45) is -0.283. The zero-order valence-electron chi connectivity index (χ0n) is 10.2. The standard InChI is InChI=1S/C13H19ClN2O/c1-9(10-3-5-11(14)6-4-10)16(2)12-7-15-8-13(12)17/h3-6,9,12-13,15,17H,7-8H2,1-2H3. The van der Waals surface area contributed by atoms with Crippen LogP contribution in [0.25, 0.3) is 0 Å². The quantitative estimate of drug-likeness (QED) is 0.861. The molecule has 1 aromatic rings. The number of rotatable bonds is 3. The van der Waals surface area contributed by atoms with Gasteiger partial charge >= 0.3 is 0 Å². The van der Waals surface area contributed by atoms with E-state index in [0.29, 0.717) is 6.54 Å². The molecule has 2 N–H and O–H groups in total. The lowest BCUT2D eigenvalue weighted by Crippen LogP contribution is -2.41. The highest BCUT2D eigenvalue weighted by Crippen LogP contribution is 2.24. The van der Waals surface area contributed by atoms with E-state index in [9.17, 15) is 5.11 Å². The second-order valence-electron chi connectivity index (χ2n) is 4.69. The normalized spacial score (nSPS) is 26.4. The van der Waals surface area contributed by atoms with Crippen molar-refractivity contribution in [2.45, 2.75) is 25.1 Å². The monoisotopic (exact) mass is 254 g/mol. The number of aliphatic hydroxyl groups excluding tert-OH is 1. The molecule has 2 rings (SSSR count). The van der Waals surface area contributed by atoms with E-state index in [0.717, 1.165) is 11.6 Å². The molecule has 0 radical (unpaired) electrons. The molecule has 1 aliphatic heterocycles. The van der Waals surface area contributed by atoms with E-state index < -0.39 is 0 Å². The lowest BCUT2D eigenvalue weighted by atomic mass is 10.0. The van der Waals surface area contributed by atoms with Crippen LogP contribution >= 0.6 is 11.6 Å². The molecule has 1 heterocycles. The minimum absolute atomic E-state index is 0.181. The van der Waals surface area contributed by atoms with E-state index in [2.05, 4.69) is 24.2 Å². The number of β-amino-alcohol motifs (C(OH)–C–C–N with tert-alkyl or cyclic N) is 1. The number of halogens is 1. The molecule has 1 fully saturated rings. The molecule has 1 aromatic carbocycles. The van der Waals surface area contributed by atoms with Gasteiger partial charge in [-0.2, -0.15) is 0 Å². The van der Waals surface area contributed by atoms with Crippen LogP contribution in [0.3, 0.4) is 0 Å². The molecule has 0 aromatic heterocycles. The molecule has 3 nitrogen and oxygen atoms in total. The van der Waals surface area contributed by atoms with Crippen LogP contribution in [0, 0.1) is 0 Å². The average molecular weight is 255 g/mol. The van der Waals surface area contributed by atoms with Crippen molar-refractivity contribution in [3.05, 3.63) is 34.9 Å². The number of benzene rings is 1. The molecule has 1 aliphatic rings. The molecule has 3 unspecified atom stereocenters. The van der Waals surface area contributed by atoms with Crippen LogP contribution in [0.15, 0.2) is 24.3 Å². The van der Waals surface area contributed by atoms with Gasteiger partial charge in [-0.1, -0.05) is 23.7 Å². The first-order valence-electron chi connectivity index (χ1n) is 5.96. The predicted molar refractivity (Wildman–Crippen MR) is 70.3 cm³/mol. The van der Waals surface area contributed by atoms with Gasteiger partial charge < -0.3 is 10.4 Å². The van der Waals surface area contributed by atoms with Crippen LogP contribution in [0.4, 0.5) is 0 Å². The van der Waals surface area contributed by atoms with Crippen LogP contribution in [-0.4, -0.2) is 42.3 Å². The molecule has 3 atom stereocenters. The maximum absolute atomic E-state index is 9.87. The zero-order chi connectivity index (χ0) is 12.4. The lowest BCUT2D eigenvalue weighted by molar-refractivity contribution is 0.0776. The van der Waals surface area contributed by atoms with Crippen LogP contribution in [0.2, 0.25) is 5.02 Å². The summed E-state index contributed by atoms with van der Waals surface area (Å²) < 4.78 is 0. The number of aliphatic hydroxyl groups is 1. The SMILES string of the molecule is CC(c1ccc(Cl)cc1)N(C)C1CNCC1O. The Morgan fingerprint density at radius 3 is 2.53 bits per heavy atom. The summed E-state index contributed by atoms with van der Waals surface area (Å²) in [6.45, 7) is 3.67. The van der Waals surface area contributed by atoms with Gasteiger partial charge in [0.05, 0.1) is 6.10 Å². The fraction of sp³-hybridized carbons (Fsp3) is 0.538. The van der Waals surface area contributed by atoms with Gasteiger partial charge in [0.2, 0.25) is 0 Å². The third kappa shape index (κ3) is 2.80. The number of nitrogens with one attached hydrogen (secondary N) is 1. The zero-order valence-corrected chi connectivity index (χ0v) is 11.0. The van der Waals surface area contributed by atoms with Crippen LogP contribution in [0.1, 0.15) is 18.5 Å². The van der Waals surface area contributed by atoms with Crippen molar-refractivity contribution in [1.82, 2.24) is 10.2 Å². The van der Waals surface area contributed by atoms with Crippen LogP contribution in [0.5, 0.6) is 0 Å². The van der Waals surface area contributed by atoms with E-state index in [1.165, 1.54) is 5.56 Å². The Morgan fingerprint density at radius 2 is 2.00 bits per heavy atom. The Kier molecular flexibility index (Phi) is 4.05. The van der Waals surface area contributed by atoms with E-state index >= 15 is 0 Å². The highest BCUT2D eigenvalue weighted by molar-refractivity contribution is 6.30. The van der Waals surface area contributed by atoms with E-state index in [-0.39, 0.29) is 18.2 Å². The molecule has 0 saturated carbocycles. The Balaban J connectivity index is 2.08. The predicted octanol–water partition coefficient (Wildman–Crippen LogP) is 1.67. The van der Waals surface area contributed by atoms with Crippen LogP contribution in [-0.2, 0) is 0 Å². The van der Waals surface area contributed by atoms with E-state index in [1.807, 2.05) is 24.3 Å². The average Bonchev–Trinajstić information content (AvgIpc) is 2.74. The summed E-state index contributed by atoms with van der Waals surface area (Å²) in [6, 6.07) is 8.35. The van der Waals surface area contributed by atoms with Gasteiger partial charge in [0.25, 0.3) is 0 Å². The largest absolute Gasteiger partial charge is 0.390 e. The maximum atomic E-state index is 9.87. The van der Waals surface area contributed by atoms with Crippen molar-refractivity contribution >= 4 is 11.6 Å². The minimum atomic E-state index is -0.283. The minimum Gasteiger partial charge on any atom is -0.390 e. The molecule has 1 saturated heterocycles. The van der Waals surface area contributed by atoms with Gasteiger partial charge in [-0.25, -0.2) is 0 Å². The first kappa shape index (κ1) is 12.8. The van der Waals surface area contributed by atoms with E-state index in [1.54, 1.807) is 0 Å². The third-order valence-electron chi connectivity index (χ3n) is 3.64. The molecule has 94 valence electrons. The van der Waals surface area contributed by atoms with Crippen molar-refractivity contribution in [2.24, 2.45) is 0 Å². The van der Waals surface area contributed by atoms with Crippen molar-refractivity contribution in [2.75, 3.05) is 20.1 Å². The van der Waals surface area contributed by atoms with E-state index in [4.69, 9.17) is 11.6 Å². The Labute approximate surface area is 107 Å². The fourth-order valence-corrected chi connectivity index (χ4v) is 2.46. The molecule has 0 amide bonds. The highest BCUT2D eigenvalue weighted by atomic mass is 35.5. The summed E-state index contributed by atoms with van der Waals surface area (Å²) >= 11 is 5.88. The van der Waals surface area contributed by atoms with Crippen molar-refractivity contribution < 1.29 is 5.11 Å². The first-order chi connectivity index (χ1) is 8.09. The number of likely N-dealkylation sites (N-methyl/N-ethyl adjacent to an activating group) is 1. The Hall–Kier alpha value is -0.610. The highest BCUT2D eigenvalue weighted by Gasteiger charge is 2.31. The maximum Gasteiger partial charge on any atom is 0.0831 e. The summed E-state index contributed by atoms with van der Waals surface area (Å²) in [5.74, 6) is 0. The second kappa shape index (κ2) is 5.36. The van der Waals surface area contributed by atoms with Crippen molar-refractivity contribution in [3.63, 3.8) is 0 Å². The topological polar surface area (TPSA) is 35.5 Å². The molecular weight excluding hydrogens is 236 g/mol. The van der Waals surface area contributed by atoms with Gasteiger partial charge in [-0.05, 0) is 31.7 Å². The molecule has 4 heteroatoms. The first-order valence-corrected chi connectivity index (χ1v) is 6.33. The van der Waals surface area contributed by atoms with Gasteiger partial charge in [0.1, 0.15) is 0 Å². The Bertz CT molecular complexity index is 368. The smallest absolute Gasteiger partial charge is 0.0831 e. The van der Waals surface area contributed by atoms with Crippen molar-refractivity contribution in [1.29, 1.82) is 0 Å². The summed E-state index contributed by atoms with van der Waals surface area (Å²) in [5.41, 5.74) is 1.22. The number of hydrogen-bond donors (Lipinski definition) is 2. The van der Waals surface area contributed by atoms with Crippen LogP contribution < -0.4 is 5.32 Å². The summed E-state index contributed by atoms with van der Waals surface area (Å²) in [5, 5.41) is 13.8. The van der Waals surface area contributed by atoms with Gasteiger partial charge in [0, 0.05) is 30.2 Å². The summed E-state index contributed by atoms with van der Waals surface area (Å²) in [4.78, 5) is 2.22. The number of hydrogen-bond acceptors (Lipinski definition) is 3. The fourth-order valence-electron chi connectivity index (χ4n) is 2.33. The van der Waals surface area contributed by atoms with Gasteiger partial charge in [0.15, 0.2) is 0 Å². The van der Waals surface area contributed by atoms with Gasteiger partial charge in [-0.15, -0.1) is 0 Å². The summed E-state index contributed by atoms with van der Waals surface area (Å²) in [7, 11) is 2.06. The molecule has 17 heavy (non-hydrogen) atoms. The lowest BCUT2D eigenvalue weighted by Gasteiger charge is -2.32. The van der Waals surface area contributed by atoms with Crippen molar-refractivity contribution in [3.8, 4) is 0 Å². The molecule has 0 spiro atoms. The molecule has 0 aliphatic carbocycles. The third-order valence-corrected chi connectivity index (χ3v) is 3.89. The second-order valence-corrected chi connectivity index (χ2v) is 5.12. The van der Waals surface area contributed by atoms with Gasteiger partial charge in [-0.3, -0.25) is 4.90 Å². The number of nitrogens with zero attached hydrogens (tertiary/aromatic N) is 1. The molecular formula is C13H19ClN2O. The Morgan fingerprint density at radius 1 is 1.35 bits per heavy atom. The molecule has 0 bridgehead atoms.